The van der Waals surface area contributed by atoms with Crippen LogP contribution in [0.2, 0.25) is 0 Å². The summed E-state index contributed by atoms with van der Waals surface area (Å²) in [6, 6.07) is 5.86. The van der Waals surface area contributed by atoms with Crippen LogP contribution in [0.1, 0.15) is 20.3 Å². The van der Waals surface area contributed by atoms with E-state index in [9.17, 15) is 14.3 Å². The lowest BCUT2D eigenvalue weighted by molar-refractivity contribution is -0.387. The van der Waals surface area contributed by atoms with E-state index in [2.05, 4.69) is 0 Å². The minimum atomic E-state index is -1.46. The lowest BCUT2D eigenvalue weighted by Gasteiger charge is -2.17. The summed E-state index contributed by atoms with van der Waals surface area (Å²) < 4.78 is 12.2. The van der Waals surface area contributed by atoms with Crippen molar-refractivity contribution in [1.82, 2.24) is 0 Å². The Bertz CT molecular complexity index is 436. The molecule has 3 unspecified atom stereocenters. The minimum Gasteiger partial charge on any atom is -0.327 e. The third kappa shape index (κ3) is 3.10. The number of hydrogen-bond acceptors (Lipinski definition) is 4. The molecule has 3 atom stereocenters. The van der Waals surface area contributed by atoms with Gasteiger partial charge in [-0.1, -0.05) is 19.1 Å². The molecule has 0 spiro atoms. The molecule has 0 aliphatic carbocycles. The largest absolute Gasteiger partial charge is 0.327 e. The summed E-state index contributed by atoms with van der Waals surface area (Å²) in [5, 5.41) is 10.5. The lowest BCUT2D eigenvalue weighted by atomic mass is 10.2. The van der Waals surface area contributed by atoms with Crippen molar-refractivity contribution in [3.8, 4) is 0 Å². The Hall–Kier alpha value is -1.27. The van der Waals surface area contributed by atoms with Crippen molar-refractivity contribution in [2.24, 2.45) is 5.73 Å². The van der Waals surface area contributed by atoms with E-state index < -0.39 is 15.7 Å². The predicted octanol–water partition coefficient (Wildman–Crippen LogP) is 1.83. The second-order valence-corrected chi connectivity index (χ2v) is 5.58. The normalized spacial score (nSPS) is 16.2. The number of hydrogen-bond donors (Lipinski definition) is 1. The lowest BCUT2D eigenvalue weighted by Crippen LogP contribution is -2.35. The zero-order chi connectivity index (χ0) is 13.0. The van der Waals surface area contributed by atoms with Crippen molar-refractivity contribution in [1.29, 1.82) is 0 Å². The summed E-state index contributed by atoms with van der Waals surface area (Å²) in [4.78, 5) is 10.6. The van der Waals surface area contributed by atoms with Crippen LogP contribution in [-0.2, 0) is 10.8 Å². The molecule has 0 aliphatic rings. The van der Waals surface area contributed by atoms with Gasteiger partial charge in [-0.3, -0.25) is 14.3 Å². The van der Waals surface area contributed by atoms with Crippen LogP contribution in [-0.4, -0.2) is 20.4 Å². The molecule has 1 aromatic carbocycles. The summed E-state index contributed by atoms with van der Waals surface area (Å²) in [6.07, 6.45) is 0.688. The van der Waals surface area contributed by atoms with Crippen LogP contribution in [0.3, 0.4) is 0 Å². The first kappa shape index (κ1) is 13.8. The highest BCUT2D eigenvalue weighted by Gasteiger charge is 2.25. The predicted molar refractivity (Wildman–Crippen MR) is 67.2 cm³/mol. The first-order valence-electron chi connectivity index (χ1n) is 5.38. The van der Waals surface area contributed by atoms with Gasteiger partial charge in [0, 0.05) is 12.1 Å². The van der Waals surface area contributed by atoms with Crippen LogP contribution in [0, 0.1) is 10.1 Å². The van der Waals surface area contributed by atoms with Crippen LogP contribution >= 0.6 is 0 Å². The molecule has 94 valence electrons. The van der Waals surface area contributed by atoms with E-state index in [1.54, 1.807) is 19.1 Å². The average Bonchev–Trinajstić information content (AvgIpc) is 2.35. The van der Waals surface area contributed by atoms with Gasteiger partial charge in [0.15, 0.2) is 0 Å². The SMILES string of the molecule is CCC(N)C(C)S(=O)c1ccccc1[N+](=O)[O-]. The molecule has 2 N–H and O–H groups in total. The molecule has 0 amide bonds. The molecule has 1 aromatic rings. The number of benzene rings is 1. The van der Waals surface area contributed by atoms with Crippen molar-refractivity contribution < 1.29 is 9.13 Å². The number of rotatable bonds is 5. The van der Waals surface area contributed by atoms with Crippen LogP contribution in [0.4, 0.5) is 5.69 Å². The molecule has 0 aromatic heterocycles. The maximum atomic E-state index is 12.2. The maximum Gasteiger partial charge on any atom is 0.285 e. The van der Waals surface area contributed by atoms with Gasteiger partial charge in [0.2, 0.25) is 0 Å². The van der Waals surface area contributed by atoms with Crippen LogP contribution < -0.4 is 5.73 Å². The monoisotopic (exact) mass is 256 g/mol. The molecule has 0 bridgehead atoms. The summed E-state index contributed by atoms with van der Waals surface area (Å²) >= 11 is 0. The van der Waals surface area contributed by atoms with Crippen molar-refractivity contribution in [2.45, 2.75) is 36.5 Å². The van der Waals surface area contributed by atoms with E-state index in [1.807, 2.05) is 6.92 Å². The summed E-state index contributed by atoms with van der Waals surface area (Å²) in [5.41, 5.74) is 5.71. The molecule has 0 heterocycles. The minimum absolute atomic E-state index is 0.110. The van der Waals surface area contributed by atoms with Crippen molar-refractivity contribution >= 4 is 16.5 Å². The highest BCUT2D eigenvalue weighted by atomic mass is 32.2. The molecular formula is C11H16N2O3S. The Morgan fingerprint density at radius 1 is 1.47 bits per heavy atom. The fourth-order valence-electron chi connectivity index (χ4n) is 1.47. The maximum absolute atomic E-state index is 12.2. The molecule has 5 nitrogen and oxygen atoms in total. The Labute approximate surface area is 103 Å². The molecule has 6 heteroatoms. The smallest absolute Gasteiger partial charge is 0.285 e. The van der Waals surface area contributed by atoms with Gasteiger partial charge < -0.3 is 5.73 Å². The Kier molecular flexibility index (Phi) is 4.77. The molecule has 0 saturated carbocycles. The summed E-state index contributed by atoms with van der Waals surface area (Å²) in [6.45, 7) is 3.65. The highest BCUT2D eigenvalue weighted by molar-refractivity contribution is 7.85. The first-order chi connectivity index (χ1) is 7.99. The van der Waals surface area contributed by atoms with Crippen LogP contribution in [0.25, 0.3) is 0 Å². The molecular weight excluding hydrogens is 240 g/mol. The molecule has 0 saturated heterocycles. The van der Waals surface area contributed by atoms with E-state index in [0.29, 0.717) is 6.42 Å². The second-order valence-electron chi connectivity index (χ2n) is 3.80. The fraction of sp³-hybridized carbons (Fsp3) is 0.455. The number of nitrogens with two attached hydrogens (primary N) is 1. The van der Waals surface area contributed by atoms with E-state index in [-0.39, 0.29) is 21.9 Å². The molecule has 0 aliphatic heterocycles. The molecule has 17 heavy (non-hydrogen) atoms. The number of nitro benzene ring substituents is 1. The zero-order valence-electron chi connectivity index (χ0n) is 9.83. The van der Waals surface area contributed by atoms with Crippen molar-refractivity contribution in [3.63, 3.8) is 0 Å². The van der Waals surface area contributed by atoms with E-state index in [1.165, 1.54) is 12.1 Å². The van der Waals surface area contributed by atoms with E-state index >= 15 is 0 Å². The standard InChI is InChI=1S/C11H16N2O3S/c1-3-9(12)8(2)17(16)11-7-5-4-6-10(11)13(14)15/h4-9H,3,12H2,1-2H3. The highest BCUT2D eigenvalue weighted by Crippen LogP contribution is 2.24. The van der Waals surface area contributed by atoms with Gasteiger partial charge in [0.1, 0.15) is 4.90 Å². The summed E-state index contributed by atoms with van der Waals surface area (Å²) in [7, 11) is -1.46. The number of para-hydroxylation sites is 1. The first-order valence-corrected chi connectivity index (χ1v) is 6.59. The molecule has 0 fully saturated rings. The Morgan fingerprint density at radius 2 is 2.06 bits per heavy atom. The van der Waals surface area contributed by atoms with E-state index in [0.717, 1.165) is 0 Å². The van der Waals surface area contributed by atoms with E-state index in [4.69, 9.17) is 5.73 Å². The third-order valence-electron chi connectivity index (χ3n) is 2.69. The fourth-order valence-corrected chi connectivity index (χ4v) is 2.94. The topological polar surface area (TPSA) is 86.2 Å². The Morgan fingerprint density at radius 3 is 2.59 bits per heavy atom. The van der Waals surface area contributed by atoms with Gasteiger partial charge in [-0.2, -0.15) is 0 Å². The Balaban J connectivity index is 3.08. The van der Waals surface area contributed by atoms with Crippen molar-refractivity contribution in [2.75, 3.05) is 0 Å². The number of nitrogens with zero attached hydrogens (tertiary/aromatic N) is 1. The van der Waals surface area contributed by atoms with Gasteiger partial charge in [-0.25, -0.2) is 0 Å². The molecule has 0 radical (unpaired) electrons. The molecule has 1 rings (SSSR count). The average molecular weight is 256 g/mol. The summed E-state index contributed by atoms with van der Waals surface area (Å²) in [5.74, 6) is 0. The second kappa shape index (κ2) is 5.88. The van der Waals surface area contributed by atoms with Gasteiger partial charge in [0.25, 0.3) is 5.69 Å². The van der Waals surface area contributed by atoms with Crippen LogP contribution in [0.15, 0.2) is 29.2 Å². The number of nitro groups is 1. The van der Waals surface area contributed by atoms with Gasteiger partial charge in [0.05, 0.1) is 21.0 Å². The van der Waals surface area contributed by atoms with Crippen LogP contribution in [0.5, 0.6) is 0 Å². The van der Waals surface area contributed by atoms with Gasteiger partial charge in [-0.15, -0.1) is 0 Å². The quantitative estimate of drug-likeness (QED) is 0.643. The van der Waals surface area contributed by atoms with Gasteiger partial charge >= 0.3 is 0 Å². The van der Waals surface area contributed by atoms with Crippen molar-refractivity contribution in [3.05, 3.63) is 34.4 Å². The zero-order valence-corrected chi connectivity index (χ0v) is 10.6. The van der Waals surface area contributed by atoms with Gasteiger partial charge in [-0.05, 0) is 19.4 Å². The third-order valence-corrected chi connectivity index (χ3v) is 4.49.